The molecule has 6 nitrogen and oxygen atoms in total. The molecule has 2 fully saturated rings. The van der Waals surface area contributed by atoms with E-state index >= 15 is 0 Å². The first-order chi connectivity index (χ1) is 10.3. The second kappa shape index (κ2) is 4.58. The summed E-state index contributed by atoms with van der Waals surface area (Å²) in [5.74, 6) is 0.845. The number of furan rings is 1. The first-order valence-corrected chi connectivity index (χ1v) is 7.09. The summed E-state index contributed by atoms with van der Waals surface area (Å²) >= 11 is 0. The van der Waals surface area contributed by atoms with Crippen molar-refractivity contribution in [3.63, 3.8) is 0 Å². The van der Waals surface area contributed by atoms with Crippen molar-refractivity contribution in [2.75, 3.05) is 31.1 Å². The van der Waals surface area contributed by atoms with Crippen molar-refractivity contribution in [3.05, 3.63) is 42.6 Å². The van der Waals surface area contributed by atoms with E-state index in [4.69, 9.17) is 4.42 Å². The van der Waals surface area contributed by atoms with E-state index in [1.54, 1.807) is 18.5 Å². The smallest absolute Gasteiger partial charge is 0.257 e. The summed E-state index contributed by atoms with van der Waals surface area (Å²) in [4.78, 5) is 25.0. The molecule has 0 bridgehead atoms. The highest BCUT2D eigenvalue weighted by Gasteiger charge is 2.49. The van der Waals surface area contributed by atoms with E-state index in [2.05, 4.69) is 14.9 Å². The fourth-order valence-corrected chi connectivity index (χ4v) is 3.29. The Bertz CT molecular complexity index is 635. The highest BCUT2D eigenvalue weighted by Crippen LogP contribution is 2.41. The molecule has 0 radical (unpaired) electrons. The Kier molecular flexibility index (Phi) is 2.70. The summed E-state index contributed by atoms with van der Waals surface area (Å²) in [7, 11) is 0. The van der Waals surface area contributed by atoms with Gasteiger partial charge >= 0.3 is 0 Å². The van der Waals surface area contributed by atoms with Gasteiger partial charge in [0.1, 0.15) is 6.26 Å². The molecule has 2 aromatic rings. The number of aromatic nitrogens is 2. The van der Waals surface area contributed by atoms with Crippen molar-refractivity contribution < 1.29 is 9.21 Å². The lowest BCUT2D eigenvalue weighted by molar-refractivity contribution is 0.0762. The molecular formula is C15H16N4O2. The number of likely N-dealkylation sites (tertiary alicyclic amines) is 1. The Balaban J connectivity index is 1.41. The normalized spacial score (nSPS) is 19.8. The van der Waals surface area contributed by atoms with Crippen molar-refractivity contribution in [2.24, 2.45) is 5.41 Å². The maximum absolute atomic E-state index is 12.3. The lowest BCUT2D eigenvalue weighted by atomic mass is 9.79. The van der Waals surface area contributed by atoms with Gasteiger partial charge in [-0.2, -0.15) is 0 Å². The minimum absolute atomic E-state index is 0.0648. The van der Waals surface area contributed by atoms with Crippen LogP contribution in [0.3, 0.4) is 0 Å². The summed E-state index contributed by atoms with van der Waals surface area (Å²) < 4.78 is 4.99. The van der Waals surface area contributed by atoms with Gasteiger partial charge in [0.05, 0.1) is 11.8 Å². The standard InChI is InChI=1S/C15H16N4O2/c20-13(12-2-7-21-8-12)18-6-3-15(9-18)10-19(11-15)14-16-4-1-5-17-14/h1-2,4-5,7-8H,3,6,9-11H2. The van der Waals surface area contributed by atoms with E-state index < -0.39 is 0 Å². The molecule has 6 heteroatoms. The minimum Gasteiger partial charge on any atom is -0.472 e. The molecule has 2 saturated heterocycles. The summed E-state index contributed by atoms with van der Waals surface area (Å²) in [6, 6.07) is 3.54. The summed E-state index contributed by atoms with van der Waals surface area (Å²) in [6.45, 7) is 3.46. The van der Waals surface area contributed by atoms with E-state index in [1.807, 2.05) is 11.0 Å². The second-order valence-electron chi connectivity index (χ2n) is 5.89. The van der Waals surface area contributed by atoms with Crippen LogP contribution < -0.4 is 4.90 Å². The molecule has 0 aromatic carbocycles. The van der Waals surface area contributed by atoms with Crippen molar-refractivity contribution in [3.8, 4) is 0 Å². The van der Waals surface area contributed by atoms with Crippen molar-refractivity contribution in [2.45, 2.75) is 6.42 Å². The van der Waals surface area contributed by atoms with Crippen molar-refractivity contribution in [1.82, 2.24) is 14.9 Å². The molecule has 0 saturated carbocycles. The molecule has 108 valence electrons. The molecule has 2 aliphatic rings. The van der Waals surface area contributed by atoms with Gasteiger partial charge < -0.3 is 14.2 Å². The third-order valence-electron chi connectivity index (χ3n) is 4.38. The lowest BCUT2D eigenvalue weighted by Crippen LogP contribution is -2.58. The molecule has 21 heavy (non-hydrogen) atoms. The third-order valence-corrected chi connectivity index (χ3v) is 4.38. The number of carbonyl (C=O) groups excluding carboxylic acids is 1. The van der Waals surface area contributed by atoms with Crippen LogP contribution in [0.2, 0.25) is 0 Å². The monoisotopic (exact) mass is 284 g/mol. The first-order valence-electron chi connectivity index (χ1n) is 7.09. The molecule has 0 atom stereocenters. The fraction of sp³-hybridized carbons (Fsp3) is 0.400. The summed E-state index contributed by atoms with van der Waals surface area (Å²) in [5.41, 5.74) is 0.841. The Labute approximate surface area is 122 Å². The Morgan fingerprint density at radius 2 is 2.05 bits per heavy atom. The van der Waals surface area contributed by atoms with Crippen LogP contribution in [0, 0.1) is 5.41 Å². The number of amides is 1. The van der Waals surface area contributed by atoms with Gasteiger partial charge in [-0.3, -0.25) is 4.79 Å². The molecule has 4 heterocycles. The van der Waals surface area contributed by atoms with Gasteiger partial charge in [0.25, 0.3) is 5.91 Å². The topological polar surface area (TPSA) is 62.5 Å². The molecule has 0 N–H and O–H groups in total. The van der Waals surface area contributed by atoms with Crippen molar-refractivity contribution in [1.29, 1.82) is 0 Å². The zero-order valence-corrected chi connectivity index (χ0v) is 11.6. The van der Waals surface area contributed by atoms with Crippen LogP contribution in [-0.4, -0.2) is 47.0 Å². The number of nitrogens with zero attached hydrogens (tertiary/aromatic N) is 4. The number of hydrogen-bond acceptors (Lipinski definition) is 5. The van der Waals surface area contributed by atoms with Crippen LogP contribution in [0.25, 0.3) is 0 Å². The molecule has 1 spiro atoms. The lowest BCUT2D eigenvalue weighted by Gasteiger charge is -2.47. The number of carbonyl (C=O) groups is 1. The second-order valence-corrected chi connectivity index (χ2v) is 5.89. The van der Waals surface area contributed by atoms with Crippen LogP contribution in [0.4, 0.5) is 5.95 Å². The van der Waals surface area contributed by atoms with E-state index in [0.29, 0.717) is 5.56 Å². The van der Waals surface area contributed by atoms with Crippen LogP contribution in [-0.2, 0) is 0 Å². The summed E-state index contributed by atoms with van der Waals surface area (Å²) in [5, 5.41) is 0. The molecule has 0 aliphatic carbocycles. The van der Waals surface area contributed by atoms with E-state index in [9.17, 15) is 4.79 Å². The van der Waals surface area contributed by atoms with Gasteiger partial charge in [-0.15, -0.1) is 0 Å². The van der Waals surface area contributed by atoms with E-state index in [0.717, 1.165) is 38.5 Å². The summed E-state index contributed by atoms with van der Waals surface area (Å²) in [6.07, 6.45) is 7.61. The fourth-order valence-electron chi connectivity index (χ4n) is 3.29. The van der Waals surface area contributed by atoms with Gasteiger partial charge in [0.15, 0.2) is 0 Å². The highest BCUT2D eigenvalue weighted by molar-refractivity contribution is 5.94. The molecule has 4 rings (SSSR count). The Morgan fingerprint density at radius 3 is 2.76 bits per heavy atom. The molecule has 2 aliphatic heterocycles. The zero-order chi connectivity index (χ0) is 14.3. The van der Waals surface area contributed by atoms with Gasteiger partial charge in [0, 0.05) is 44.0 Å². The van der Waals surface area contributed by atoms with Crippen LogP contribution in [0.15, 0.2) is 41.5 Å². The van der Waals surface area contributed by atoms with Gasteiger partial charge in [-0.25, -0.2) is 9.97 Å². The predicted octanol–water partition coefficient (Wildman–Crippen LogP) is 1.42. The van der Waals surface area contributed by atoms with Crippen LogP contribution >= 0.6 is 0 Å². The van der Waals surface area contributed by atoms with Gasteiger partial charge in [-0.1, -0.05) is 0 Å². The molecule has 0 unspecified atom stereocenters. The molecule has 2 aromatic heterocycles. The van der Waals surface area contributed by atoms with Gasteiger partial charge in [0.2, 0.25) is 5.95 Å². The molecular weight excluding hydrogens is 268 g/mol. The third kappa shape index (κ3) is 2.07. The zero-order valence-electron chi connectivity index (χ0n) is 11.6. The van der Waals surface area contributed by atoms with Gasteiger partial charge in [-0.05, 0) is 18.6 Å². The average molecular weight is 284 g/mol. The Morgan fingerprint density at radius 1 is 1.24 bits per heavy atom. The quantitative estimate of drug-likeness (QED) is 0.834. The number of hydrogen-bond donors (Lipinski definition) is 0. The SMILES string of the molecule is O=C(c1ccoc1)N1CCC2(C1)CN(c1ncccn1)C2. The number of rotatable bonds is 2. The van der Waals surface area contributed by atoms with E-state index in [1.165, 1.54) is 12.5 Å². The highest BCUT2D eigenvalue weighted by atomic mass is 16.3. The maximum atomic E-state index is 12.3. The first kappa shape index (κ1) is 12.4. The minimum atomic E-state index is 0.0648. The maximum Gasteiger partial charge on any atom is 0.257 e. The Hall–Kier alpha value is -2.37. The predicted molar refractivity (Wildman–Crippen MR) is 75.9 cm³/mol. The largest absolute Gasteiger partial charge is 0.472 e. The molecule has 1 amide bonds. The van der Waals surface area contributed by atoms with E-state index in [-0.39, 0.29) is 11.3 Å². The number of anilines is 1. The van der Waals surface area contributed by atoms with Crippen LogP contribution in [0.1, 0.15) is 16.8 Å². The average Bonchev–Trinajstić information content (AvgIpc) is 3.15. The van der Waals surface area contributed by atoms with Crippen molar-refractivity contribution >= 4 is 11.9 Å². The van der Waals surface area contributed by atoms with Crippen LogP contribution in [0.5, 0.6) is 0 Å².